The predicted octanol–water partition coefficient (Wildman–Crippen LogP) is 5.30. The molecular formula is C19H19ClN4O2. The van der Waals surface area contributed by atoms with Crippen molar-refractivity contribution in [1.82, 2.24) is 4.57 Å². The van der Waals surface area contributed by atoms with Crippen molar-refractivity contribution in [3.63, 3.8) is 0 Å². The van der Waals surface area contributed by atoms with Crippen LogP contribution in [0.4, 0.5) is 11.4 Å². The molecule has 26 heavy (non-hydrogen) atoms. The summed E-state index contributed by atoms with van der Waals surface area (Å²) < 4.78 is 2.06. The monoisotopic (exact) mass is 370 g/mol. The third-order valence-corrected chi connectivity index (χ3v) is 4.38. The molecule has 1 aromatic heterocycles. The first kappa shape index (κ1) is 17.9. The second-order valence-electron chi connectivity index (χ2n) is 6.37. The summed E-state index contributed by atoms with van der Waals surface area (Å²) >= 11 is 6.60. The Hall–Kier alpha value is -2.86. The summed E-state index contributed by atoms with van der Waals surface area (Å²) in [6.07, 6.45) is 1.61. The van der Waals surface area contributed by atoms with Crippen molar-refractivity contribution in [2.24, 2.45) is 11.0 Å². The second-order valence-corrected chi connectivity index (χ2v) is 6.73. The Labute approximate surface area is 156 Å². The molecule has 134 valence electrons. The van der Waals surface area contributed by atoms with E-state index < -0.39 is 4.92 Å². The molecule has 0 aliphatic rings. The molecule has 0 unspecified atom stereocenters. The molecule has 0 amide bonds. The van der Waals surface area contributed by atoms with Crippen LogP contribution in [0.2, 0.25) is 5.15 Å². The molecule has 0 bridgehead atoms. The van der Waals surface area contributed by atoms with Crippen molar-refractivity contribution in [2.75, 3.05) is 5.43 Å². The summed E-state index contributed by atoms with van der Waals surface area (Å²) in [6, 6.07) is 14.3. The molecule has 7 heteroatoms. The van der Waals surface area contributed by atoms with Crippen LogP contribution in [0, 0.1) is 16.0 Å². The summed E-state index contributed by atoms with van der Waals surface area (Å²) in [5.41, 5.74) is 4.87. The minimum Gasteiger partial charge on any atom is -0.331 e. The SMILES string of the molecule is CC(C)Cn1c(Cl)c(C=NNc2ccccc2[N+](=O)[O-])c2ccccc21. The van der Waals surface area contributed by atoms with E-state index in [-0.39, 0.29) is 5.69 Å². The molecule has 0 fully saturated rings. The maximum Gasteiger partial charge on any atom is 0.294 e. The van der Waals surface area contributed by atoms with Gasteiger partial charge in [-0.2, -0.15) is 5.10 Å². The molecule has 3 rings (SSSR count). The fourth-order valence-corrected chi connectivity index (χ4v) is 3.17. The van der Waals surface area contributed by atoms with Crippen LogP contribution in [-0.4, -0.2) is 15.7 Å². The molecule has 1 N–H and O–H groups in total. The van der Waals surface area contributed by atoms with Crippen molar-refractivity contribution < 1.29 is 4.92 Å². The van der Waals surface area contributed by atoms with E-state index in [0.717, 1.165) is 23.0 Å². The smallest absolute Gasteiger partial charge is 0.294 e. The topological polar surface area (TPSA) is 72.5 Å². The zero-order valence-electron chi connectivity index (χ0n) is 14.5. The zero-order chi connectivity index (χ0) is 18.7. The number of para-hydroxylation sites is 3. The summed E-state index contributed by atoms with van der Waals surface area (Å²) in [4.78, 5) is 10.6. The zero-order valence-corrected chi connectivity index (χ0v) is 15.3. The average Bonchev–Trinajstić information content (AvgIpc) is 2.87. The van der Waals surface area contributed by atoms with E-state index in [0.29, 0.717) is 16.8 Å². The van der Waals surface area contributed by atoms with Crippen LogP contribution in [0.25, 0.3) is 10.9 Å². The molecule has 6 nitrogen and oxygen atoms in total. The van der Waals surface area contributed by atoms with Crippen LogP contribution in [0.3, 0.4) is 0 Å². The van der Waals surface area contributed by atoms with Gasteiger partial charge in [0.1, 0.15) is 10.8 Å². The van der Waals surface area contributed by atoms with Gasteiger partial charge in [0, 0.05) is 29.1 Å². The lowest BCUT2D eigenvalue weighted by Gasteiger charge is -2.09. The molecular weight excluding hydrogens is 352 g/mol. The fourth-order valence-electron chi connectivity index (χ4n) is 2.86. The van der Waals surface area contributed by atoms with Gasteiger partial charge >= 0.3 is 0 Å². The Kier molecular flexibility index (Phi) is 5.23. The standard InChI is InChI=1S/C19H19ClN4O2/c1-13(2)12-23-17-9-5-3-7-14(17)15(19(23)20)11-21-22-16-8-4-6-10-18(16)24(25)26/h3-11,13,22H,12H2,1-2H3. The van der Waals surface area contributed by atoms with Crippen LogP contribution in [-0.2, 0) is 6.54 Å². The van der Waals surface area contributed by atoms with Gasteiger partial charge in [0.15, 0.2) is 0 Å². The maximum absolute atomic E-state index is 11.1. The first-order valence-electron chi connectivity index (χ1n) is 8.28. The van der Waals surface area contributed by atoms with Crippen molar-refractivity contribution in [1.29, 1.82) is 0 Å². The van der Waals surface area contributed by atoms with Crippen LogP contribution >= 0.6 is 11.6 Å². The van der Waals surface area contributed by atoms with Gasteiger partial charge in [-0.1, -0.05) is 55.8 Å². The minimum atomic E-state index is -0.445. The van der Waals surface area contributed by atoms with Gasteiger partial charge in [0.25, 0.3) is 5.69 Å². The number of benzene rings is 2. The largest absolute Gasteiger partial charge is 0.331 e. The summed E-state index contributed by atoms with van der Waals surface area (Å²) in [6.45, 7) is 5.06. The second kappa shape index (κ2) is 7.58. The van der Waals surface area contributed by atoms with E-state index in [4.69, 9.17) is 11.6 Å². The predicted molar refractivity (Wildman–Crippen MR) is 106 cm³/mol. The van der Waals surface area contributed by atoms with E-state index in [9.17, 15) is 10.1 Å². The van der Waals surface area contributed by atoms with Crippen LogP contribution < -0.4 is 5.43 Å². The number of nitro groups is 1. The first-order chi connectivity index (χ1) is 12.5. The number of nitrogens with zero attached hydrogens (tertiary/aromatic N) is 3. The highest BCUT2D eigenvalue weighted by Crippen LogP contribution is 2.30. The van der Waals surface area contributed by atoms with Crippen molar-refractivity contribution in [2.45, 2.75) is 20.4 Å². The van der Waals surface area contributed by atoms with Gasteiger partial charge < -0.3 is 4.57 Å². The van der Waals surface area contributed by atoms with Gasteiger partial charge in [-0.3, -0.25) is 15.5 Å². The quantitative estimate of drug-likeness (QED) is 0.363. The van der Waals surface area contributed by atoms with Gasteiger partial charge in [-0.25, -0.2) is 0 Å². The van der Waals surface area contributed by atoms with Gasteiger partial charge in [0.05, 0.1) is 11.1 Å². The number of halogens is 1. The lowest BCUT2D eigenvalue weighted by atomic mass is 10.2. The van der Waals surface area contributed by atoms with E-state index in [1.54, 1.807) is 24.4 Å². The number of hydrazone groups is 1. The Morgan fingerprint density at radius 1 is 1.23 bits per heavy atom. The third-order valence-electron chi connectivity index (χ3n) is 3.97. The van der Waals surface area contributed by atoms with E-state index in [1.165, 1.54) is 6.07 Å². The molecule has 1 heterocycles. The molecule has 0 saturated heterocycles. The Morgan fingerprint density at radius 3 is 2.65 bits per heavy atom. The molecule has 0 spiro atoms. The molecule has 0 saturated carbocycles. The molecule has 0 atom stereocenters. The van der Waals surface area contributed by atoms with E-state index in [1.807, 2.05) is 24.3 Å². The normalized spacial score (nSPS) is 11.5. The Bertz CT molecular complexity index is 979. The molecule has 0 radical (unpaired) electrons. The third kappa shape index (κ3) is 3.55. The summed E-state index contributed by atoms with van der Waals surface area (Å²) in [5.74, 6) is 0.443. The number of hydrogen-bond donors (Lipinski definition) is 1. The minimum absolute atomic E-state index is 0.0296. The summed E-state index contributed by atoms with van der Waals surface area (Å²) in [5, 5.41) is 16.9. The van der Waals surface area contributed by atoms with Crippen molar-refractivity contribution >= 4 is 40.1 Å². The Morgan fingerprint density at radius 2 is 1.92 bits per heavy atom. The molecule has 3 aromatic rings. The number of fused-ring (bicyclic) bond motifs is 1. The number of anilines is 1. The number of rotatable bonds is 6. The van der Waals surface area contributed by atoms with Gasteiger partial charge in [-0.15, -0.1) is 0 Å². The molecule has 0 aliphatic heterocycles. The van der Waals surface area contributed by atoms with E-state index >= 15 is 0 Å². The lowest BCUT2D eigenvalue weighted by molar-refractivity contribution is -0.384. The van der Waals surface area contributed by atoms with Gasteiger partial charge in [0.2, 0.25) is 0 Å². The lowest BCUT2D eigenvalue weighted by Crippen LogP contribution is -2.04. The summed E-state index contributed by atoms with van der Waals surface area (Å²) in [7, 11) is 0. The van der Waals surface area contributed by atoms with Crippen molar-refractivity contribution in [3.8, 4) is 0 Å². The highest BCUT2D eigenvalue weighted by atomic mass is 35.5. The van der Waals surface area contributed by atoms with E-state index in [2.05, 4.69) is 28.9 Å². The molecule has 0 aliphatic carbocycles. The van der Waals surface area contributed by atoms with Crippen molar-refractivity contribution in [3.05, 3.63) is 69.4 Å². The Balaban J connectivity index is 1.96. The average molecular weight is 371 g/mol. The first-order valence-corrected chi connectivity index (χ1v) is 8.66. The van der Waals surface area contributed by atoms with Crippen LogP contribution in [0.5, 0.6) is 0 Å². The highest BCUT2D eigenvalue weighted by molar-refractivity contribution is 6.34. The fraction of sp³-hybridized carbons (Fsp3) is 0.211. The molecule has 2 aromatic carbocycles. The highest BCUT2D eigenvalue weighted by Gasteiger charge is 2.15. The van der Waals surface area contributed by atoms with Crippen LogP contribution in [0.15, 0.2) is 53.6 Å². The number of nitro benzene ring substituents is 1. The number of aromatic nitrogens is 1. The maximum atomic E-state index is 11.1. The van der Waals surface area contributed by atoms with Crippen LogP contribution in [0.1, 0.15) is 19.4 Å². The van der Waals surface area contributed by atoms with Gasteiger partial charge in [-0.05, 0) is 18.1 Å². The number of hydrogen-bond acceptors (Lipinski definition) is 4. The number of nitrogens with one attached hydrogen (secondary N) is 1.